The van der Waals surface area contributed by atoms with Gasteiger partial charge >= 0.3 is 0 Å². The topological polar surface area (TPSA) is 20.3 Å². The highest BCUT2D eigenvalue weighted by molar-refractivity contribution is 9.10. The first-order valence-electron chi connectivity index (χ1n) is 5.50. The van der Waals surface area contributed by atoms with Crippen LogP contribution in [0.1, 0.15) is 25.8 Å². The zero-order valence-corrected chi connectivity index (χ0v) is 11.5. The molecule has 3 heteroatoms. The van der Waals surface area contributed by atoms with Crippen LogP contribution in [0.4, 0.5) is 5.69 Å². The summed E-state index contributed by atoms with van der Waals surface area (Å²) in [6.45, 7) is 6.87. The number of ketones is 1. The third-order valence-corrected chi connectivity index (χ3v) is 3.95. The van der Waals surface area contributed by atoms with Gasteiger partial charge in [0, 0.05) is 17.4 Å². The molecule has 0 unspecified atom stereocenters. The molecule has 0 amide bonds. The molecule has 16 heavy (non-hydrogen) atoms. The van der Waals surface area contributed by atoms with Crippen LogP contribution in [-0.4, -0.2) is 17.9 Å². The fraction of sp³-hybridized carbons (Fsp3) is 0.462. The van der Waals surface area contributed by atoms with Crippen molar-refractivity contribution in [3.63, 3.8) is 0 Å². The molecule has 0 aromatic heterocycles. The molecular formula is C13H16BrNO. The Kier molecular flexibility index (Phi) is 2.82. The Labute approximate surface area is 105 Å². The molecular weight excluding hydrogens is 266 g/mol. The van der Waals surface area contributed by atoms with Crippen LogP contribution in [0.3, 0.4) is 0 Å². The van der Waals surface area contributed by atoms with Crippen LogP contribution < -0.4 is 4.90 Å². The van der Waals surface area contributed by atoms with E-state index in [1.54, 1.807) is 0 Å². The third kappa shape index (κ3) is 1.77. The molecule has 0 atom stereocenters. The Morgan fingerprint density at radius 2 is 2.06 bits per heavy atom. The Balaban J connectivity index is 2.42. The zero-order chi connectivity index (χ0) is 11.9. The number of nitrogens with zero attached hydrogens (tertiary/aromatic N) is 1. The molecule has 0 radical (unpaired) electrons. The van der Waals surface area contributed by atoms with Crippen LogP contribution in [0.5, 0.6) is 0 Å². The maximum Gasteiger partial charge on any atom is 0.159 e. The van der Waals surface area contributed by atoms with Crippen molar-refractivity contribution in [2.24, 2.45) is 0 Å². The van der Waals surface area contributed by atoms with Crippen LogP contribution in [-0.2, 0) is 4.79 Å². The predicted molar refractivity (Wildman–Crippen MR) is 69.9 cm³/mol. The average molecular weight is 282 g/mol. The van der Waals surface area contributed by atoms with Gasteiger partial charge in [0.1, 0.15) is 0 Å². The minimum atomic E-state index is -0.377. The van der Waals surface area contributed by atoms with E-state index < -0.39 is 0 Å². The van der Waals surface area contributed by atoms with Crippen LogP contribution in [0, 0.1) is 6.92 Å². The maximum absolute atomic E-state index is 11.8. The Hall–Kier alpha value is -0.830. The number of hydrogen-bond acceptors (Lipinski definition) is 2. The number of carbonyl (C=O) groups excluding carboxylic acids is 1. The minimum Gasteiger partial charge on any atom is -0.358 e. The predicted octanol–water partition coefficient (Wildman–Crippen LogP) is 3.32. The summed E-state index contributed by atoms with van der Waals surface area (Å²) in [7, 11) is 0. The molecule has 1 saturated heterocycles. The van der Waals surface area contributed by atoms with Gasteiger partial charge in [-0.25, -0.2) is 0 Å². The lowest BCUT2D eigenvalue weighted by Crippen LogP contribution is -2.43. The second-order valence-corrected chi connectivity index (χ2v) is 5.69. The standard InChI is InChI=1S/C13H16BrNO/c1-9-4-5-11(10(14)8-9)15-7-6-12(16)13(15,2)3/h4-5,8H,6-7H2,1-3H3. The van der Waals surface area contributed by atoms with E-state index in [-0.39, 0.29) is 5.54 Å². The van der Waals surface area contributed by atoms with Gasteiger partial charge in [0.25, 0.3) is 0 Å². The van der Waals surface area contributed by atoms with E-state index in [2.05, 4.69) is 46.0 Å². The first-order chi connectivity index (χ1) is 7.43. The van der Waals surface area contributed by atoms with E-state index in [0.717, 1.165) is 16.7 Å². The zero-order valence-electron chi connectivity index (χ0n) is 9.88. The lowest BCUT2D eigenvalue weighted by atomic mass is 10.00. The Bertz CT molecular complexity index is 440. The molecule has 0 bridgehead atoms. The van der Waals surface area contributed by atoms with Gasteiger partial charge in [-0.05, 0) is 54.4 Å². The number of hydrogen-bond donors (Lipinski definition) is 0. The summed E-state index contributed by atoms with van der Waals surface area (Å²) in [5, 5.41) is 0. The maximum atomic E-state index is 11.8. The third-order valence-electron chi connectivity index (χ3n) is 3.31. The van der Waals surface area contributed by atoms with Gasteiger partial charge in [0.15, 0.2) is 5.78 Å². The summed E-state index contributed by atoms with van der Waals surface area (Å²) < 4.78 is 1.07. The van der Waals surface area contributed by atoms with Gasteiger partial charge in [-0.1, -0.05) is 6.07 Å². The molecule has 0 N–H and O–H groups in total. The number of Topliss-reactive ketones (excluding diaryl/α,β-unsaturated/α-hetero) is 1. The van der Waals surface area contributed by atoms with E-state index >= 15 is 0 Å². The van der Waals surface area contributed by atoms with Crippen LogP contribution in [0.2, 0.25) is 0 Å². The molecule has 0 spiro atoms. The van der Waals surface area contributed by atoms with Crippen molar-refractivity contribution in [3.05, 3.63) is 28.2 Å². The summed E-state index contributed by atoms with van der Waals surface area (Å²) in [5.74, 6) is 0.319. The first kappa shape index (κ1) is 11.6. The van der Waals surface area contributed by atoms with Crippen molar-refractivity contribution in [2.75, 3.05) is 11.4 Å². The van der Waals surface area contributed by atoms with E-state index in [4.69, 9.17) is 0 Å². The van der Waals surface area contributed by atoms with Crippen molar-refractivity contribution < 1.29 is 4.79 Å². The number of halogens is 1. The van der Waals surface area contributed by atoms with E-state index in [9.17, 15) is 4.79 Å². The van der Waals surface area contributed by atoms with Crippen molar-refractivity contribution in [3.8, 4) is 0 Å². The lowest BCUT2D eigenvalue weighted by Gasteiger charge is -2.33. The summed E-state index contributed by atoms with van der Waals surface area (Å²) in [6, 6.07) is 6.26. The molecule has 1 aliphatic rings. The van der Waals surface area contributed by atoms with E-state index in [1.807, 2.05) is 13.8 Å². The van der Waals surface area contributed by atoms with Crippen LogP contribution in [0.15, 0.2) is 22.7 Å². The first-order valence-corrected chi connectivity index (χ1v) is 6.29. The molecule has 0 saturated carbocycles. The second kappa shape index (κ2) is 3.88. The van der Waals surface area contributed by atoms with Crippen molar-refractivity contribution in [1.82, 2.24) is 0 Å². The molecule has 1 aliphatic heterocycles. The number of anilines is 1. The van der Waals surface area contributed by atoms with Crippen LogP contribution in [0.25, 0.3) is 0 Å². The molecule has 1 fully saturated rings. The van der Waals surface area contributed by atoms with Gasteiger partial charge in [0.2, 0.25) is 0 Å². The van der Waals surface area contributed by atoms with E-state index in [1.165, 1.54) is 5.56 Å². The highest BCUT2D eigenvalue weighted by Crippen LogP contribution is 2.36. The molecule has 1 aromatic carbocycles. The second-order valence-electron chi connectivity index (χ2n) is 4.84. The van der Waals surface area contributed by atoms with E-state index in [0.29, 0.717) is 12.2 Å². The molecule has 2 rings (SSSR count). The lowest BCUT2D eigenvalue weighted by molar-refractivity contribution is -0.120. The average Bonchev–Trinajstić information content (AvgIpc) is 2.44. The molecule has 86 valence electrons. The molecule has 1 aromatic rings. The smallest absolute Gasteiger partial charge is 0.159 e. The molecule has 1 heterocycles. The number of rotatable bonds is 1. The number of aryl methyl sites for hydroxylation is 1. The Morgan fingerprint density at radius 1 is 1.38 bits per heavy atom. The van der Waals surface area contributed by atoms with Crippen LogP contribution >= 0.6 is 15.9 Å². The number of carbonyl (C=O) groups is 1. The quantitative estimate of drug-likeness (QED) is 0.787. The van der Waals surface area contributed by atoms with Gasteiger partial charge in [-0.2, -0.15) is 0 Å². The van der Waals surface area contributed by atoms with Gasteiger partial charge < -0.3 is 4.90 Å². The fourth-order valence-corrected chi connectivity index (χ4v) is 2.91. The van der Waals surface area contributed by atoms with Crippen molar-refractivity contribution >= 4 is 27.4 Å². The van der Waals surface area contributed by atoms with Gasteiger partial charge in [-0.3, -0.25) is 4.79 Å². The number of benzene rings is 1. The largest absolute Gasteiger partial charge is 0.358 e. The van der Waals surface area contributed by atoms with Crippen molar-refractivity contribution in [1.29, 1.82) is 0 Å². The highest BCUT2D eigenvalue weighted by Gasteiger charge is 2.40. The summed E-state index contributed by atoms with van der Waals surface area (Å²) in [6.07, 6.45) is 0.646. The fourth-order valence-electron chi connectivity index (χ4n) is 2.20. The summed E-state index contributed by atoms with van der Waals surface area (Å²) in [4.78, 5) is 14.0. The van der Waals surface area contributed by atoms with Gasteiger partial charge in [0.05, 0.1) is 11.2 Å². The molecule has 0 aliphatic carbocycles. The summed E-state index contributed by atoms with van der Waals surface area (Å²) >= 11 is 3.58. The monoisotopic (exact) mass is 281 g/mol. The SMILES string of the molecule is Cc1ccc(N2CCC(=O)C2(C)C)c(Br)c1. The van der Waals surface area contributed by atoms with Crippen molar-refractivity contribution in [2.45, 2.75) is 32.7 Å². The molecule has 2 nitrogen and oxygen atoms in total. The Morgan fingerprint density at radius 3 is 2.56 bits per heavy atom. The summed E-state index contributed by atoms with van der Waals surface area (Å²) in [5.41, 5.74) is 1.96. The highest BCUT2D eigenvalue weighted by atomic mass is 79.9. The minimum absolute atomic E-state index is 0.319. The normalized spacial score (nSPS) is 19.2. The van der Waals surface area contributed by atoms with Gasteiger partial charge in [-0.15, -0.1) is 0 Å².